The summed E-state index contributed by atoms with van der Waals surface area (Å²) in [5.74, 6) is 0. The summed E-state index contributed by atoms with van der Waals surface area (Å²) in [6.07, 6.45) is 0.676. The minimum Gasteiger partial charge on any atom is -0.390 e. The van der Waals surface area contributed by atoms with E-state index in [-0.39, 0.29) is 0 Å². The number of aliphatic hydroxyl groups is 1. The molecule has 0 aliphatic carbocycles. The summed E-state index contributed by atoms with van der Waals surface area (Å²) < 4.78 is 0. The first-order chi connectivity index (χ1) is 8.67. The van der Waals surface area contributed by atoms with Crippen LogP contribution in [0.15, 0.2) is 24.3 Å². The largest absolute Gasteiger partial charge is 0.390 e. The topological polar surface area (TPSA) is 59.3 Å². The van der Waals surface area contributed by atoms with Crippen LogP contribution in [0.3, 0.4) is 0 Å². The quantitative estimate of drug-likeness (QED) is 0.714. The number of nitrogens with one attached hydrogen (secondary N) is 1. The molecule has 0 amide bonds. The highest BCUT2D eigenvalue weighted by Crippen LogP contribution is 2.13. The molecule has 0 spiro atoms. The number of nitrogens with zero attached hydrogens (tertiary/aromatic N) is 2. The van der Waals surface area contributed by atoms with E-state index in [9.17, 15) is 5.11 Å². The van der Waals surface area contributed by atoms with Crippen molar-refractivity contribution in [3.8, 4) is 6.07 Å². The van der Waals surface area contributed by atoms with Gasteiger partial charge in [0.25, 0.3) is 0 Å². The SMILES string of the molecule is CCCNCC(O)CN(C)c1ccc(C#N)cc1. The van der Waals surface area contributed by atoms with E-state index in [1.54, 1.807) is 12.1 Å². The number of hydrogen-bond acceptors (Lipinski definition) is 4. The lowest BCUT2D eigenvalue weighted by molar-refractivity contribution is 0.178. The summed E-state index contributed by atoms with van der Waals surface area (Å²) in [7, 11) is 1.93. The fourth-order valence-corrected chi connectivity index (χ4v) is 1.72. The molecule has 1 aromatic rings. The molecular weight excluding hydrogens is 226 g/mol. The first-order valence-corrected chi connectivity index (χ1v) is 6.27. The van der Waals surface area contributed by atoms with Crippen molar-refractivity contribution in [2.24, 2.45) is 0 Å². The van der Waals surface area contributed by atoms with E-state index in [1.807, 2.05) is 24.1 Å². The Hall–Kier alpha value is -1.57. The number of rotatable bonds is 7. The first kappa shape index (κ1) is 14.5. The molecule has 18 heavy (non-hydrogen) atoms. The number of aliphatic hydroxyl groups excluding tert-OH is 1. The number of likely N-dealkylation sites (N-methyl/N-ethyl adjacent to an activating group) is 1. The fraction of sp³-hybridized carbons (Fsp3) is 0.500. The van der Waals surface area contributed by atoms with E-state index in [4.69, 9.17) is 5.26 Å². The Morgan fingerprint density at radius 2 is 2.06 bits per heavy atom. The Morgan fingerprint density at radius 1 is 1.39 bits per heavy atom. The molecule has 2 N–H and O–H groups in total. The molecule has 0 aromatic heterocycles. The third kappa shape index (κ3) is 4.74. The molecule has 4 nitrogen and oxygen atoms in total. The number of hydrogen-bond donors (Lipinski definition) is 2. The van der Waals surface area contributed by atoms with Gasteiger partial charge >= 0.3 is 0 Å². The van der Waals surface area contributed by atoms with Gasteiger partial charge in [-0.1, -0.05) is 6.92 Å². The van der Waals surface area contributed by atoms with Crippen LogP contribution in [0.4, 0.5) is 5.69 Å². The molecule has 1 aromatic carbocycles. The molecule has 0 saturated carbocycles. The average molecular weight is 247 g/mol. The Bertz CT molecular complexity index is 383. The molecular formula is C14H21N3O. The van der Waals surface area contributed by atoms with Gasteiger partial charge in [-0.3, -0.25) is 0 Å². The van der Waals surface area contributed by atoms with E-state index in [0.29, 0.717) is 18.7 Å². The minimum absolute atomic E-state index is 0.391. The molecule has 1 rings (SSSR count). The maximum Gasteiger partial charge on any atom is 0.0991 e. The Labute approximate surface area is 109 Å². The molecule has 0 fully saturated rings. The van der Waals surface area contributed by atoms with Gasteiger partial charge in [0.05, 0.1) is 17.7 Å². The summed E-state index contributed by atoms with van der Waals surface area (Å²) in [6.45, 7) is 4.21. The third-order valence-corrected chi connectivity index (χ3v) is 2.73. The van der Waals surface area contributed by atoms with Crippen LogP contribution in [-0.4, -0.2) is 37.9 Å². The highest BCUT2D eigenvalue weighted by molar-refractivity contribution is 5.49. The molecule has 0 radical (unpaired) electrons. The molecule has 4 heteroatoms. The zero-order valence-electron chi connectivity index (χ0n) is 11.1. The predicted octanol–water partition coefficient (Wildman–Crippen LogP) is 1.35. The van der Waals surface area contributed by atoms with Crippen LogP contribution in [0.1, 0.15) is 18.9 Å². The smallest absolute Gasteiger partial charge is 0.0991 e. The van der Waals surface area contributed by atoms with Gasteiger partial charge < -0.3 is 15.3 Å². The lowest BCUT2D eigenvalue weighted by Gasteiger charge is -2.23. The zero-order valence-corrected chi connectivity index (χ0v) is 11.1. The van der Waals surface area contributed by atoms with Gasteiger partial charge in [-0.15, -0.1) is 0 Å². The second kappa shape index (κ2) is 7.70. The van der Waals surface area contributed by atoms with Gasteiger partial charge in [-0.05, 0) is 37.2 Å². The van der Waals surface area contributed by atoms with Crippen LogP contribution >= 0.6 is 0 Å². The van der Waals surface area contributed by atoms with E-state index >= 15 is 0 Å². The Balaban J connectivity index is 2.43. The second-order valence-corrected chi connectivity index (χ2v) is 4.40. The second-order valence-electron chi connectivity index (χ2n) is 4.40. The summed E-state index contributed by atoms with van der Waals surface area (Å²) in [4.78, 5) is 1.99. The van der Waals surface area contributed by atoms with Crippen molar-refractivity contribution in [2.45, 2.75) is 19.4 Å². The molecule has 98 valence electrons. The summed E-state index contributed by atoms with van der Waals surface area (Å²) in [5.41, 5.74) is 1.65. The van der Waals surface area contributed by atoms with E-state index in [0.717, 1.165) is 18.7 Å². The van der Waals surface area contributed by atoms with Gasteiger partial charge in [0.2, 0.25) is 0 Å². The van der Waals surface area contributed by atoms with Crippen molar-refractivity contribution < 1.29 is 5.11 Å². The van der Waals surface area contributed by atoms with Crippen LogP contribution in [-0.2, 0) is 0 Å². The van der Waals surface area contributed by atoms with E-state index in [1.165, 1.54) is 0 Å². The van der Waals surface area contributed by atoms with Gasteiger partial charge in [-0.2, -0.15) is 5.26 Å². The van der Waals surface area contributed by atoms with Crippen molar-refractivity contribution in [2.75, 3.05) is 31.6 Å². The maximum atomic E-state index is 9.85. The van der Waals surface area contributed by atoms with E-state index in [2.05, 4.69) is 18.3 Å². The molecule has 1 atom stereocenters. The van der Waals surface area contributed by atoms with Crippen LogP contribution in [0.5, 0.6) is 0 Å². The predicted molar refractivity (Wildman–Crippen MR) is 73.6 cm³/mol. The van der Waals surface area contributed by atoms with Crippen molar-refractivity contribution in [1.29, 1.82) is 5.26 Å². The highest BCUT2D eigenvalue weighted by atomic mass is 16.3. The number of anilines is 1. The summed E-state index contributed by atoms with van der Waals surface area (Å²) in [6, 6.07) is 9.45. The van der Waals surface area contributed by atoms with Gasteiger partial charge in [0, 0.05) is 25.8 Å². The fourth-order valence-electron chi connectivity index (χ4n) is 1.72. The number of benzene rings is 1. The standard InChI is InChI=1S/C14H21N3O/c1-3-8-16-10-14(18)11-17(2)13-6-4-12(9-15)5-7-13/h4-7,14,16,18H,3,8,10-11H2,1-2H3. The molecule has 0 aliphatic heterocycles. The van der Waals surface area contributed by atoms with Crippen molar-refractivity contribution in [1.82, 2.24) is 5.32 Å². The monoisotopic (exact) mass is 247 g/mol. The Kier molecular flexibility index (Phi) is 6.20. The molecule has 0 bridgehead atoms. The average Bonchev–Trinajstić information content (AvgIpc) is 2.39. The van der Waals surface area contributed by atoms with Crippen LogP contribution < -0.4 is 10.2 Å². The van der Waals surface area contributed by atoms with E-state index < -0.39 is 6.10 Å². The summed E-state index contributed by atoms with van der Waals surface area (Å²) >= 11 is 0. The van der Waals surface area contributed by atoms with Gasteiger partial charge in [0.15, 0.2) is 0 Å². The van der Waals surface area contributed by atoms with Crippen molar-refractivity contribution >= 4 is 5.69 Å². The third-order valence-electron chi connectivity index (χ3n) is 2.73. The normalized spacial score (nSPS) is 11.9. The number of nitriles is 1. The Morgan fingerprint density at radius 3 is 2.61 bits per heavy atom. The molecule has 1 unspecified atom stereocenters. The summed E-state index contributed by atoms with van der Waals surface area (Å²) in [5, 5.41) is 21.8. The van der Waals surface area contributed by atoms with Crippen LogP contribution in [0, 0.1) is 11.3 Å². The molecule has 0 heterocycles. The van der Waals surface area contributed by atoms with Crippen LogP contribution in [0.25, 0.3) is 0 Å². The van der Waals surface area contributed by atoms with Gasteiger partial charge in [-0.25, -0.2) is 0 Å². The maximum absolute atomic E-state index is 9.85. The minimum atomic E-state index is -0.391. The van der Waals surface area contributed by atoms with Crippen molar-refractivity contribution in [3.05, 3.63) is 29.8 Å². The first-order valence-electron chi connectivity index (χ1n) is 6.27. The molecule has 0 saturated heterocycles. The van der Waals surface area contributed by atoms with Crippen molar-refractivity contribution in [3.63, 3.8) is 0 Å². The van der Waals surface area contributed by atoms with Crippen LogP contribution in [0.2, 0.25) is 0 Å². The lowest BCUT2D eigenvalue weighted by Crippen LogP contribution is -2.36. The zero-order chi connectivity index (χ0) is 13.4. The highest BCUT2D eigenvalue weighted by Gasteiger charge is 2.08. The molecule has 0 aliphatic rings. The van der Waals surface area contributed by atoms with Gasteiger partial charge in [0.1, 0.15) is 0 Å². The lowest BCUT2D eigenvalue weighted by atomic mass is 10.2.